The van der Waals surface area contributed by atoms with E-state index in [1.165, 1.54) is 0 Å². The van der Waals surface area contributed by atoms with Crippen molar-refractivity contribution in [3.8, 4) is 0 Å². The Morgan fingerprint density at radius 1 is 1.50 bits per heavy atom. The Hall–Kier alpha value is -1.37. The molecule has 0 spiro atoms. The van der Waals surface area contributed by atoms with E-state index in [2.05, 4.69) is 22.5 Å². The maximum Gasteiger partial charge on any atom is 0.106 e. The van der Waals surface area contributed by atoms with Gasteiger partial charge in [-0.15, -0.1) is 0 Å². The lowest BCUT2D eigenvalue weighted by Gasteiger charge is -2.18. The number of aryl methyl sites for hydroxylation is 2. The van der Waals surface area contributed by atoms with Crippen molar-refractivity contribution in [1.82, 2.24) is 25.0 Å². The maximum absolute atomic E-state index is 6.21. The number of nitrogens with two attached hydrogens (primary N) is 1. The number of hydrogen-bond acceptors (Lipinski definition) is 4. The standard InChI is InChI=1S/C11H17ClN6/c1-3-6-18-11(8(12)7-15-18)10(16-13)9-4-5-14-17(9)2/h4-5,7,10,16H,3,6,13H2,1-2H3. The van der Waals surface area contributed by atoms with Gasteiger partial charge in [0.2, 0.25) is 0 Å². The highest BCUT2D eigenvalue weighted by Crippen LogP contribution is 2.27. The van der Waals surface area contributed by atoms with Gasteiger partial charge in [0.25, 0.3) is 0 Å². The van der Waals surface area contributed by atoms with Crippen LogP contribution in [0.5, 0.6) is 0 Å². The van der Waals surface area contributed by atoms with Gasteiger partial charge in [0.1, 0.15) is 6.04 Å². The molecule has 1 unspecified atom stereocenters. The molecule has 0 radical (unpaired) electrons. The summed E-state index contributed by atoms with van der Waals surface area (Å²) in [5.74, 6) is 5.67. The van der Waals surface area contributed by atoms with E-state index in [4.69, 9.17) is 17.4 Å². The predicted molar refractivity (Wildman–Crippen MR) is 69.9 cm³/mol. The van der Waals surface area contributed by atoms with Gasteiger partial charge in [0.15, 0.2) is 0 Å². The van der Waals surface area contributed by atoms with E-state index in [9.17, 15) is 0 Å². The number of halogens is 1. The fraction of sp³-hybridized carbons (Fsp3) is 0.455. The highest BCUT2D eigenvalue weighted by atomic mass is 35.5. The largest absolute Gasteiger partial charge is 0.271 e. The van der Waals surface area contributed by atoms with E-state index in [0.717, 1.165) is 24.4 Å². The Morgan fingerprint density at radius 2 is 2.28 bits per heavy atom. The minimum Gasteiger partial charge on any atom is -0.271 e. The molecule has 98 valence electrons. The fourth-order valence-electron chi connectivity index (χ4n) is 2.02. The molecule has 7 heteroatoms. The molecule has 3 N–H and O–H groups in total. The second-order valence-electron chi connectivity index (χ2n) is 4.08. The third kappa shape index (κ3) is 2.27. The minimum atomic E-state index is -0.223. The molecule has 2 aromatic heterocycles. The van der Waals surface area contributed by atoms with Crippen molar-refractivity contribution < 1.29 is 0 Å². The first-order valence-corrected chi connectivity index (χ1v) is 6.22. The number of nitrogens with zero attached hydrogens (tertiary/aromatic N) is 4. The van der Waals surface area contributed by atoms with E-state index in [1.54, 1.807) is 17.1 Å². The van der Waals surface area contributed by atoms with Crippen LogP contribution in [0.4, 0.5) is 0 Å². The normalized spacial score (nSPS) is 12.9. The van der Waals surface area contributed by atoms with Crippen LogP contribution in [0.1, 0.15) is 30.8 Å². The van der Waals surface area contributed by atoms with Crippen LogP contribution in [0.3, 0.4) is 0 Å². The molecule has 0 aromatic carbocycles. The van der Waals surface area contributed by atoms with Crippen LogP contribution in [-0.2, 0) is 13.6 Å². The van der Waals surface area contributed by atoms with Gasteiger partial charge in [-0.25, -0.2) is 5.43 Å². The molecule has 2 rings (SSSR count). The molecule has 0 aliphatic heterocycles. The number of hydrogen-bond donors (Lipinski definition) is 2. The summed E-state index contributed by atoms with van der Waals surface area (Å²) in [5.41, 5.74) is 4.59. The van der Waals surface area contributed by atoms with Crippen LogP contribution in [0.25, 0.3) is 0 Å². The first kappa shape index (κ1) is 13.1. The SMILES string of the molecule is CCCn1ncc(Cl)c1C(NN)c1ccnn1C. The Balaban J connectivity index is 2.45. The third-order valence-corrected chi connectivity index (χ3v) is 3.15. The predicted octanol–water partition coefficient (Wildman–Crippen LogP) is 1.23. The van der Waals surface area contributed by atoms with Crippen molar-refractivity contribution >= 4 is 11.6 Å². The first-order chi connectivity index (χ1) is 8.69. The first-order valence-electron chi connectivity index (χ1n) is 5.84. The van der Waals surface area contributed by atoms with E-state index in [1.807, 2.05) is 17.8 Å². The van der Waals surface area contributed by atoms with E-state index in [0.29, 0.717) is 5.02 Å². The van der Waals surface area contributed by atoms with Gasteiger partial charge >= 0.3 is 0 Å². The second kappa shape index (κ2) is 5.51. The van der Waals surface area contributed by atoms with Crippen LogP contribution in [-0.4, -0.2) is 19.6 Å². The molecule has 0 amide bonds. The van der Waals surface area contributed by atoms with Crippen molar-refractivity contribution in [2.24, 2.45) is 12.9 Å². The fourth-order valence-corrected chi connectivity index (χ4v) is 2.27. The van der Waals surface area contributed by atoms with Crippen molar-refractivity contribution in [1.29, 1.82) is 0 Å². The molecule has 2 aromatic rings. The molecule has 0 saturated heterocycles. The summed E-state index contributed by atoms with van der Waals surface area (Å²) in [7, 11) is 1.87. The lowest BCUT2D eigenvalue weighted by atomic mass is 10.1. The van der Waals surface area contributed by atoms with Crippen LogP contribution >= 0.6 is 11.6 Å². The second-order valence-corrected chi connectivity index (χ2v) is 4.49. The Labute approximate surface area is 111 Å². The van der Waals surface area contributed by atoms with Gasteiger partial charge in [-0.05, 0) is 12.5 Å². The smallest absolute Gasteiger partial charge is 0.106 e. The summed E-state index contributed by atoms with van der Waals surface area (Å²) >= 11 is 6.21. The Bertz CT molecular complexity index is 517. The molecule has 0 saturated carbocycles. The zero-order valence-electron chi connectivity index (χ0n) is 10.5. The van der Waals surface area contributed by atoms with Gasteiger partial charge in [0, 0.05) is 19.8 Å². The van der Waals surface area contributed by atoms with Gasteiger partial charge in [0.05, 0.1) is 22.6 Å². The maximum atomic E-state index is 6.21. The molecular weight excluding hydrogens is 252 g/mol. The third-order valence-electron chi connectivity index (χ3n) is 2.86. The van der Waals surface area contributed by atoms with E-state index < -0.39 is 0 Å². The average molecular weight is 269 g/mol. The minimum absolute atomic E-state index is 0.223. The topological polar surface area (TPSA) is 73.7 Å². The van der Waals surface area contributed by atoms with Crippen molar-refractivity contribution in [3.63, 3.8) is 0 Å². The molecule has 0 bridgehead atoms. The zero-order chi connectivity index (χ0) is 13.1. The molecular formula is C11H17ClN6. The van der Waals surface area contributed by atoms with Gasteiger partial charge in [-0.1, -0.05) is 18.5 Å². The molecule has 6 nitrogen and oxygen atoms in total. The van der Waals surface area contributed by atoms with Crippen LogP contribution in [0, 0.1) is 0 Å². The van der Waals surface area contributed by atoms with E-state index >= 15 is 0 Å². The van der Waals surface area contributed by atoms with Crippen molar-refractivity contribution in [2.45, 2.75) is 25.9 Å². The van der Waals surface area contributed by atoms with Crippen LogP contribution < -0.4 is 11.3 Å². The summed E-state index contributed by atoms with van der Waals surface area (Å²) in [6.07, 6.45) is 4.36. The van der Waals surface area contributed by atoms with E-state index in [-0.39, 0.29) is 6.04 Å². The summed E-state index contributed by atoms with van der Waals surface area (Å²) in [6.45, 7) is 2.90. The number of hydrazine groups is 1. The molecule has 18 heavy (non-hydrogen) atoms. The molecule has 1 atom stereocenters. The molecule has 0 aliphatic rings. The van der Waals surface area contributed by atoms with Gasteiger partial charge in [-0.3, -0.25) is 15.2 Å². The number of aromatic nitrogens is 4. The molecule has 2 heterocycles. The Morgan fingerprint density at radius 3 is 2.83 bits per heavy atom. The summed E-state index contributed by atoms with van der Waals surface area (Å²) in [4.78, 5) is 0. The zero-order valence-corrected chi connectivity index (χ0v) is 11.2. The summed E-state index contributed by atoms with van der Waals surface area (Å²) in [5, 5.41) is 9.03. The highest BCUT2D eigenvalue weighted by molar-refractivity contribution is 6.31. The lowest BCUT2D eigenvalue weighted by molar-refractivity contribution is 0.500. The summed E-state index contributed by atoms with van der Waals surface area (Å²) < 4.78 is 3.64. The lowest BCUT2D eigenvalue weighted by Crippen LogP contribution is -2.32. The van der Waals surface area contributed by atoms with Gasteiger partial charge < -0.3 is 0 Å². The quantitative estimate of drug-likeness (QED) is 0.632. The Kier molecular flexibility index (Phi) is 4.00. The number of rotatable bonds is 5. The van der Waals surface area contributed by atoms with Crippen molar-refractivity contribution in [2.75, 3.05) is 0 Å². The average Bonchev–Trinajstić information content (AvgIpc) is 2.91. The highest BCUT2D eigenvalue weighted by Gasteiger charge is 2.23. The molecule has 0 aliphatic carbocycles. The number of nitrogens with one attached hydrogen (secondary N) is 1. The summed E-state index contributed by atoms with van der Waals surface area (Å²) in [6, 6.07) is 1.68. The van der Waals surface area contributed by atoms with Crippen LogP contribution in [0.2, 0.25) is 5.02 Å². The van der Waals surface area contributed by atoms with Crippen LogP contribution in [0.15, 0.2) is 18.5 Å². The molecule has 0 fully saturated rings. The monoisotopic (exact) mass is 268 g/mol. The van der Waals surface area contributed by atoms with Crippen molar-refractivity contribution in [3.05, 3.63) is 34.9 Å². The van der Waals surface area contributed by atoms with Gasteiger partial charge in [-0.2, -0.15) is 10.2 Å².